The van der Waals surface area contributed by atoms with Gasteiger partial charge in [0.1, 0.15) is 5.60 Å². The van der Waals surface area contributed by atoms with Crippen LogP contribution < -0.4 is 11.1 Å². The van der Waals surface area contributed by atoms with Gasteiger partial charge in [-0.15, -0.1) is 0 Å². The Kier molecular flexibility index (Phi) is 8.45. The van der Waals surface area contributed by atoms with E-state index in [1.165, 1.54) is 17.4 Å². The lowest BCUT2D eigenvalue weighted by Gasteiger charge is -2.19. The SMILES string of the molecule is CCCCCCNC(=O)CCCc1cn(C(=O)OC(C)(C)C)c(N)n1. The van der Waals surface area contributed by atoms with Crippen LogP contribution in [-0.4, -0.2) is 33.7 Å². The van der Waals surface area contributed by atoms with Gasteiger partial charge in [0.15, 0.2) is 0 Å². The third-order valence-corrected chi connectivity index (χ3v) is 3.56. The lowest BCUT2D eigenvalue weighted by molar-refractivity contribution is -0.121. The van der Waals surface area contributed by atoms with Crippen LogP contribution in [0.25, 0.3) is 0 Å². The highest BCUT2D eigenvalue weighted by atomic mass is 16.6. The average molecular weight is 352 g/mol. The van der Waals surface area contributed by atoms with Crippen molar-refractivity contribution in [2.75, 3.05) is 12.3 Å². The predicted molar refractivity (Wildman–Crippen MR) is 98.4 cm³/mol. The third-order valence-electron chi connectivity index (χ3n) is 3.56. The molecule has 3 N–H and O–H groups in total. The smallest absolute Gasteiger partial charge is 0.421 e. The molecule has 0 radical (unpaired) electrons. The second-order valence-electron chi connectivity index (χ2n) is 7.20. The minimum Gasteiger partial charge on any atom is -0.443 e. The number of nitrogens with one attached hydrogen (secondary N) is 1. The highest BCUT2D eigenvalue weighted by Gasteiger charge is 2.20. The Morgan fingerprint density at radius 3 is 2.60 bits per heavy atom. The Morgan fingerprint density at radius 2 is 1.96 bits per heavy atom. The van der Waals surface area contributed by atoms with Crippen molar-refractivity contribution in [1.82, 2.24) is 14.9 Å². The molecule has 1 amide bonds. The molecule has 0 saturated heterocycles. The van der Waals surface area contributed by atoms with Crippen LogP contribution in [0.2, 0.25) is 0 Å². The van der Waals surface area contributed by atoms with Gasteiger partial charge in [-0.05, 0) is 40.0 Å². The lowest BCUT2D eigenvalue weighted by Crippen LogP contribution is -2.27. The van der Waals surface area contributed by atoms with E-state index in [0.717, 1.165) is 19.4 Å². The maximum atomic E-state index is 12.0. The second-order valence-corrected chi connectivity index (χ2v) is 7.20. The van der Waals surface area contributed by atoms with Crippen molar-refractivity contribution in [3.63, 3.8) is 0 Å². The molecule has 0 aliphatic carbocycles. The summed E-state index contributed by atoms with van der Waals surface area (Å²) >= 11 is 0. The molecular weight excluding hydrogens is 320 g/mol. The maximum absolute atomic E-state index is 12.0. The number of carbonyl (C=O) groups is 2. The number of imidazole rings is 1. The normalized spacial score (nSPS) is 11.4. The highest BCUT2D eigenvalue weighted by molar-refractivity contribution is 5.76. The number of amides is 1. The first-order valence-electron chi connectivity index (χ1n) is 9.06. The Labute approximate surface area is 150 Å². The molecule has 0 atom stereocenters. The van der Waals surface area contributed by atoms with Crippen molar-refractivity contribution in [2.24, 2.45) is 0 Å². The zero-order chi connectivity index (χ0) is 18.9. The van der Waals surface area contributed by atoms with E-state index in [9.17, 15) is 9.59 Å². The van der Waals surface area contributed by atoms with E-state index in [1.807, 2.05) is 0 Å². The topological polar surface area (TPSA) is 99.2 Å². The third kappa shape index (κ3) is 8.56. The van der Waals surface area contributed by atoms with E-state index in [2.05, 4.69) is 17.2 Å². The summed E-state index contributed by atoms with van der Waals surface area (Å²) in [6, 6.07) is 0. The predicted octanol–water partition coefficient (Wildman–Crippen LogP) is 3.27. The van der Waals surface area contributed by atoms with Crippen molar-refractivity contribution >= 4 is 17.9 Å². The zero-order valence-electron chi connectivity index (χ0n) is 15.9. The molecule has 0 aliphatic heterocycles. The first-order chi connectivity index (χ1) is 11.7. The number of unbranched alkanes of at least 4 members (excludes halogenated alkanes) is 3. The number of nitrogens with zero attached hydrogens (tertiary/aromatic N) is 2. The zero-order valence-corrected chi connectivity index (χ0v) is 15.9. The van der Waals surface area contributed by atoms with Crippen LogP contribution in [0.3, 0.4) is 0 Å². The fraction of sp³-hybridized carbons (Fsp3) is 0.722. The molecule has 0 spiro atoms. The largest absolute Gasteiger partial charge is 0.443 e. The van der Waals surface area contributed by atoms with Crippen LogP contribution in [0, 0.1) is 0 Å². The quantitative estimate of drug-likeness (QED) is 0.665. The summed E-state index contributed by atoms with van der Waals surface area (Å²) in [4.78, 5) is 28.0. The Hall–Kier alpha value is -2.05. The molecule has 142 valence electrons. The van der Waals surface area contributed by atoms with Gasteiger partial charge in [-0.25, -0.2) is 14.3 Å². The Morgan fingerprint density at radius 1 is 1.24 bits per heavy atom. The summed E-state index contributed by atoms with van der Waals surface area (Å²) in [7, 11) is 0. The van der Waals surface area contributed by atoms with Gasteiger partial charge in [0.05, 0.1) is 5.69 Å². The van der Waals surface area contributed by atoms with Gasteiger partial charge in [-0.1, -0.05) is 26.2 Å². The fourth-order valence-electron chi connectivity index (χ4n) is 2.32. The second kappa shape index (κ2) is 10.1. The van der Waals surface area contributed by atoms with Crippen molar-refractivity contribution < 1.29 is 14.3 Å². The number of hydrogen-bond acceptors (Lipinski definition) is 5. The number of hydrogen-bond donors (Lipinski definition) is 2. The average Bonchev–Trinajstić information content (AvgIpc) is 2.86. The van der Waals surface area contributed by atoms with Gasteiger partial charge in [0.2, 0.25) is 11.9 Å². The number of carbonyl (C=O) groups excluding carboxylic acids is 2. The molecule has 1 rings (SSSR count). The summed E-state index contributed by atoms with van der Waals surface area (Å²) in [5.74, 6) is 0.153. The summed E-state index contributed by atoms with van der Waals surface area (Å²) in [5, 5.41) is 2.93. The first-order valence-corrected chi connectivity index (χ1v) is 9.06. The molecule has 0 aliphatic rings. The molecule has 7 heteroatoms. The highest BCUT2D eigenvalue weighted by Crippen LogP contribution is 2.13. The van der Waals surface area contributed by atoms with Crippen LogP contribution in [0.15, 0.2) is 6.20 Å². The standard InChI is InChI=1S/C18H32N4O3/c1-5-6-7-8-12-20-15(23)11-9-10-14-13-22(16(19)21-14)17(24)25-18(2,3)4/h13H,5-12H2,1-4H3,(H2,19,21)(H,20,23). The molecule has 1 heterocycles. The van der Waals surface area contributed by atoms with E-state index < -0.39 is 11.7 Å². The van der Waals surface area contributed by atoms with Gasteiger partial charge in [-0.3, -0.25) is 4.79 Å². The summed E-state index contributed by atoms with van der Waals surface area (Å²) in [6.07, 6.45) is 7.28. The number of nitrogen functional groups attached to an aromatic ring is 1. The van der Waals surface area contributed by atoms with Crippen LogP contribution >= 0.6 is 0 Å². The summed E-state index contributed by atoms with van der Waals surface area (Å²) in [5.41, 5.74) is 5.86. The monoisotopic (exact) mass is 352 g/mol. The number of rotatable bonds is 9. The molecular formula is C18H32N4O3. The molecule has 1 aromatic heterocycles. The van der Waals surface area contributed by atoms with Gasteiger partial charge in [0, 0.05) is 19.2 Å². The van der Waals surface area contributed by atoms with Crippen LogP contribution in [0.4, 0.5) is 10.7 Å². The number of aryl methyl sites for hydroxylation is 1. The maximum Gasteiger partial charge on any atom is 0.421 e. The Bertz CT molecular complexity index is 561. The molecule has 0 bridgehead atoms. The number of anilines is 1. The molecule has 0 aromatic carbocycles. The molecule has 0 unspecified atom stereocenters. The molecule has 0 saturated carbocycles. The Balaban J connectivity index is 2.35. The van der Waals surface area contributed by atoms with Gasteiger partial charge >= 0.3 is 6.09 Å². The number of ether oxygens (including phenoxy) is 1. The van der Waals surface area contributed by atoms with Crippen molar-refractivity contribution in [3.05, 3.63) is 11.9 Å². The minimum absolute atomic E-state index is 0.0519. The van der Waals surface area contributed by atoms with Crippen molar-refractivity contribution in [1.29, 1.82) is 0 Å². The fourth-order valence-corrected chi connectivity index (χ4v) is 2.32. The molecule has 7 nitrogen and oxygen atoms in total. The molecule has 1 aromatic rings. The lowest BCUT2D eigenvalue weighted by atomic mass is 10.2. The van der Waals surface area contributed by atoms with E-state index in [1.54, 1.807) is 27.0 Å². The van der Waals surface area contributed by atoms with Crippen molar-refractivity contribution in [3.8, 4) is 0 Å². The van der Waals surface area contributed by atoms with E-state index >= 15 is 0 Å². The number of aromatic nitrogens is 2. The first kappa shape index (κ1) is 21.0. The van der Waals surface area contributed by atoms with E-state index in [0.29, 0.717) is 25.0 Å². The van der Waals surface area contributed by atoms with Gasteiger partial charge in [-0.2, -0.15) is 0 Å². The summed E-state index contributed by atoms with van der Waals surface area (Å²) in [6.45, 7) is 8.27. The van der Waals surface area contributed by atoms with Crippen molar-refractivity contribution in [2.45, 2.75) is 78.2 Å². The number of nitrogens with two attached hydrogens (primary N) is 1. The minimum atomic E-state index is -0.594. The van der Waals surface area contributed by atoms with E-state index in [4.69, 9.17) is 10.5 Å². The van der Waals surface area contributed by atoms with Gasteiger partial charge < -0.3 is 15.8 Å². The van der Waals surface area contributed by atoms with Crippen LogP contribution in [-0.2, 0) is 16.0 Å². The molecule has 0 fully saturated rings. The van der Waals surface area contributed by atoms with Crippen LogP contribution in [0.5, 0.6) is 0 Å². The molecule has 25 heavy (non-hydrogen) atoms. The van der Waals surface area contributed by atoms with Crippen LogP contribution in [0.1, 0.15) is 71.9 Å². The summed E-state index contributed by atoms with van der Waals surface area (Å²) < 4.78 is 6.48. The van der Waals surface area contributed by atoms with E-state index in [-0.39, 0.29) is 11.9 Å². The van der Waals surface area contributed by atoms with Gasteiger partial charge in [0.25, 0.3) is 0 Å².